The minimum Gasteiger partial charge on any atom is -0.457 e. The zero-order valence-corrected chi connectivity index (χ0v) is 15.2. The summed E-state index contributed by atoms with van der Waals surface area (Å²) in [6.07, 6.45) is 3.26. The molecule has 28 heavy (non-hydrogen) atoms. The van der Waals surface area contributed by atoms with Crippen molar-refractivity contribution in [2.24, 2.45) is 0 Å². The van der Waals surface area contributed by atoms with Crippen LogP contribution in [-0.4, -0.2) is 20.5 Å². The molecule has 1 aliphatic carbocycles. The summed E-state index contributed by atoms with van der Waals surface area (Å²) in [6, 6.07) is 7.88. The predicted octanol–water partition coefficient (Wildman–Crippen LogP) is 3.15. The quantitative estimate of drug-likeness (QED) is 0.778. The van der Waals surface area contributed by atoms with Crippen molar-refractivity contribution in [2.45, 2.75) is 17.1 Å². The lowest BCUT2D eigenvalue weighted by molar-refractivity contribution is -0.143. The molecule has 2 aliphatic rings. The summed E-state index contributed by atoms with van der Waals surface area (Å²) in [5.74, 6) is -2.53. The third-order valence-electron chi connectivity index (χ3n) is 4.44. The zero-order valence-electron chi connectivity index (χ0n) is 14.4. The number of ketones is 1. The van der Waals surface area contributed by atoms with Crippen molar-refractivity contribution in [1.82, 2.24) is 0 Å². The van der Waals surface area contributed by atoms with E-state index in [1.54, 1.807) is 6.07 Å². The molecule has 0 radical (unpaired) electrons. The Morgan fingerprint density at radius 1 is 1.21 bits per heavy atom. The Labute approximate surface area is 159 Å². The van der Waals surface area contributed by atoms with Gasteiger partial charge in [-0.1, -0.05) is 0 Å². The molecular weight excluding hydrogens is 389 g/mol. The van der Waals surface area contributed by atoms with Gasteiger partial charge in [0.1, 0.15) is 35.9 Å². The summed E-state index contributed by atoms with van der Waals surface area (Å²) in [7, 11) is -3.71. The largest absolute Gasteiger partial charge is 0.457 e. The Morgan fingerprint density at radius 2 is 1.93 bits per heavy atom. The standard InChI is InChI=1S/C19H12FNO6S/c1-28(23,24)16-5-4-15(27-12-2-3-13(20)11(8-12)10-21)17-14(22)9-19(18(16)17)25-6-7-26-19/h2-8H,9H2,1H3. The number of rotatable bonds is 3. The number of ether oxygens (including phenoxy) is 3. The van der Waals surface area contributed by atoms with E-state index in [9.17, 15) is 17.6 Å². The average molecular weight is 401 g/mol. The lowest BCUT2D eigenvalue weighted by atomic mass is 10.1. The van der Waals surface area contributed by atoms with Gasteiger partial charge in [0, 0.05) is 12.3 Å². The maximum atomic E-state index is 13.5. The van der Waals surface area contributed by atoms with Gasteiger partial charge in [-0.05, 0) is 24.3 Å². The lowest BCUT2D eigenvalue weighted by Gasteiger charge is -2.24. The first-order valence-corrected chi connectivity index (χ1v) is 9.93. The van der Waals surface area contributed by atoms with Crippen molar-refractivity contribution in [1.29, 1.82) is 5.26 Å². The van der Waals surface area contributed by atoms with E-state index >= 15 is 0 Å². The van der Waals surface area contributed by atoms with E-state index in [1.807, 2.05) is 0 Å². The van der Waals surface area contributed by atoms with Crippen molar-refractivity contribution in [3.05, 3.63) is 65.4 Å². The number of carbonyl (C=O) groups is 1. The molecule has 142 valence electrons. The van der Waals surface area contributed by atoms with E-state index < -0.39 is 27.2 Å². The fourth-order valence-corrected chi connectivity index (χ4v) is 4.23. The Morgan fingerprint density at radius 3 is 2.57 bits per heavy atom. The zero-order chi connectivity index (χ0) is 20.1. The number of Topliss-reactive ketones (excluding diaryl/α,β-unsaturated/α-hetero) is 1. The molecule has 1 spiro atoms. The van der Waals surface area contributed by atoms with Crippen molar-refractivity contribution in [2.75, 3.05) is 6.26 Å². The highest BCUT2D eigenvalue weighted by Crippen LogP contribution is 2.50. The molecule has 0 saturated heterocycles. The Kier molecular flexibility index (Phi) is 3.90. The monoisotopic (exact) mass is 401 g/mol. The number of nitrogens with zero attached hydrogens (tertiary/aromatic N) is 1. The smallest absolute Gasteiger partial charge is 0.286 e. The number of benzene rings is 2. The van der Waals surface area contributed by atoms with E-state index in [0.717, 1.165) is 12.3 Å². The third-order valence-corrected chi connectivity index (χ3v) is 5.58. The molecule has 4 rings (SSSR count). The summed E-state index contributed by atoms with van der Waals surface area (Å²) in [5, 5.41) is 8.96. The van der Waals surface area contributed by atoms with Gasteiger partial charge < -0.3 is 14.2 Å². The van der Waals surface area contributed by atoms with E-state index in [-0.39, 0.29) is 39.5 Å². The van der Waals surface area contributed by atoms with Gasteiger partial charge in [0.2, 0.25) is 0 Å². The van der Waals surface area contributed by atoms with Crippen LogP contribution in [-0.2, 0) is 25.1 Å². The van der Waals surface area contributed by atoms with Gasteiger partial charge in [-0.3, -0.25) is 4.79 Å². The van der Waals surface area contributed by atoms with Crippen LogP contribution in [0.3, 0.4) is 0 Å². The molecule has 0 aromatic heterocycles. The molecule has 0 bridgehead atoms. The number of nitriles is 1. The lowest BCUT2D eigenvalue weighted by Crippen LogP contribution is -2.26. The van der Waals surface area contributed by atoms with Gasteiger partial charge in [0.05, 0.1) is 28.0 Å². The van der Waals surface area contributed by atoms with Crippen molar-refractivity contribution in [3.63, 3.8) is 0 Å². The number of hydrogen-bond acceptors (Lipinski definition) is 7. The van der Waals surface area contributed by atoms with Crippen LogP contribution < -0.4 is 4.74 Å². The van der Waals surface area contributed by atoms with Crippen LogP contribution in [0, 0.1) is 17.1 Å². The van der Waals surface area contributed by atoms with Gasteiger partial charge in [-0.25, -0.2) is 12.8 Å². The highest BCUT2D eigenvalue weighted by Gasteiger charge is 2.53. The molecule has 0 N–H and O–H groups in total. The SMILES string of the molecule is CS(=O)(=O)c1ccc(Oc2ccc(F)c(C#N)c2)c2c1C1(CC2=O)OC=CO1. The summed E-state index contributed by atoms with van der Waals surface area (Å²) >= 11 is 0. The van der Waals surface area contributed by atoms with Crippen LogP contribution in [0.15, 0.2) is 47.8 Å². The second-order valence-electron chi connectivity index (χ2n) is 6.30. The Hall–Kier alpha value is -3.38. The molecule has 7 nitrogen and oxygen atoms in total. The first-order valence-electron chi connectivity index (χ1n) is 8.04. The van der Waals surface area contributed by atoms with E-state index in [2.05, 4.69) is 0 Å². The summed E-state index contributed by atoms with van der Waals surface area (Å²) in [4.78, 5) is 12.6. The van der Waals surface area contributed by atoms with Gasteiger partial charge in [0.25, 0.3) is 5.79 Å². The van der Waals surface area contributed by atoms with Gasteiger partial charge in [-0.15, -0.1) is 0 Å². The highest BCUT2D eigenvalue weighted by atomic mass is 32.2. The summed E-state index contributed by atoms with van der Waals surface area (Å²) < 4.78 is 54.7. The molecule has 0 unspecified atom stereocenters. The molecule has 0 atom stereocenters. The van der Waals surface area contributed by atoms with Crippen LogP contribution in [0.25, 0.3) is 0 Å². The molecule has 0 amide bonds. The Balaban J connectivity index is 1.89. The van der Waals surface area contributed by atoms with Crippen LogP contribution in [0.1, 0.15) is 27.9 Å². The highest BCUT2D eigenvalue weighted by molar-refractivity contribution is 7.90. The molecule has 1 aliphatic heterocycles. The van der Waals surface area contributed by atoms with Crippen LogP contribution in [0.5, 0.6) is 11.5 Å². The maximum absolute atomic E-state index is 13.5. The molecule has 9 heteroatoms. The van der Waals surface area contributed by atoms with Crippen molar-refractivity contribution in [3.8, 4) is 17.6 Å². The number of sulfone groups is 1. The molecule has 0 fully saturated rings. The first kappa shape index (κ1) is 18.0. The second kappa shape index (κ2) is 6.07. The normalized spacial score (nSPS) is 16.4. The predicted molar refractivity (Wildman–Crippen MR) is 92.7 cm³/mol. The van der Waals surface area contributed by atoms with E-state index in [1.165, 1.54) is 36.8 Å². The Bertz CT molecular complexity index is 1190. The van der Waals surface area contributed by atoms with Gasteiger partial charge >= 0.3 is 0 Å². The van der Waals surface area contributed by atoms with Gasteiger partial charge in [0.15, 0.2) is 15.6 Å². The first-order chi connectivity index (χ1) is 13.2. The topological polar surface area (TPSA) is 103 Å². The molecule has 2 aromatic rings. The van der Waals surface area contributed by atoms with E-state index in [4.69, 9.17) is 19.5 Å². The molecule has 2 aromatic carbocycles. The second-order valence-corrected chi connectivity index (χ2v) is 8.28. The maximum Gasteiger partial charge on any atom is 0.286 e. The average Bonchev–Trinajstić information content (AvgIpc) is 3.22. The van der Waals surface area contributed by atoms with Crippen molar-refractivity contribution < 1.29 is 31.8 Å². The number of carbonyl (C=O) groups excluding carboxylic acids is 1. The van der Waals surface area contributed by atoms with Crippen LogP contribution >= 0.6 is 0 Å². The third kappa shape index (κ3) is 2.70. The molecule has 1 heterocycles. The number of fused-ring (bicyclic) bond motifs is 2. The van der Waals surface area contributed by atoms with Crippen LogP contribution in [0.2, 0.25) is 0 Å². The van der Waals surface area contributed by atoms with Crippen molar-refractivity contribution >= 4 is 15.6 Å². The molecule has 0 saturated carbocycles. The van der Waals surface area contributed by atoms with Gasteiger partial charge in [-0.2, -0.15) is 5.26 Å². The fourth-order valence-electron chi connectivity index (χ4n) is 3.29. The van der Waals surface area contributed by atoms with Crippen LogP contribution in [0.4, 0.5) is 4.39 Å². The molecular formula is C19H12FNO6S. The number of hydrogen-bond donors (Lipinski definition) is 0. The fraction of sp³-hybridized carbons (Fsp3) is 0.158. The summed E-state index contributed by atoms with van der Waals surface area (Å²) in [6.45, 7) is 0. The summed E-state index contributed by atoms with van der Waals surface area (Å²) in [5.41, 5.74) is -0.157. The minimum absolute atomic E-state index is 0.00876. The minimum atomic E-state index is -3.71. The number of halogens is 1. The van der Waals surface area contributed by atoms with E-state index in [0.29, 0.717) is 0 Å².